The summed E-state index contributed by atoms with van der Waals surface area (Å²) in [6, 6.07) is 6.19. The summed E-state index contributed by atoms with van der Waals surface area (Å²) in [7, 11) is 0. The lowest BCUT2D eigenvalue weighted by Crippen LogP contribution is -2.31. The lowest BCUT2D eigenvalue weighted by Gasteiger charge is -2.07. The second-order valence-corrected chi connectivity index (χ2v) is 4.66. The minimum atomic E-state index is 0.0308. The molecule has 17 heavy (non-hydrogen) atoms. The number of rotatable bonds is 3. The third kappa shape index (κ3) is 2.67. The van der Waals surface area contributed by atoms with Crippen LogP contribution in [0.15, 0.2) is 28.9 Å². The maximum Gasteiger partial charge on any atom is 0.224 e. The summed E-state index contributed by atoms with van der Waals surface area (Å²) in [6.07, 6.45) is 2.04. The zero-order valence-corrected chi connectivity index (χ0v) is 10.4. The zero-order chi connectivity index (χ0) is 12.4. The Morgan fingerprint density at radius 2 is 2.18 bits per heavy atom. The highest BCUT2D eigenvalue weighted by Gasteiger charge is 2.10. The van der Waals surface area contributed by atoms with E-state index in [1.807, 2.05) is 39.0 Å². The largest absolute Gasteiger partial charge is 0.464 e. The SMILES string of the molecule is Cc1ccc2c(CC(=O)NC(C)C)coc2c1. The van der Waals surface area contributed by atoms with Crippen LogP contribution in [0.3, 0.4) is 0 Å². The highest BCUT2D eigenvalue weighted by atomic mass is 16.3. The number of benzene rings is 1. The first kappa shape index (κ1) is 11.7. The molecule has 0 spiro atoms. The van der Waals surface area contributed by atoms with E-state index in [9.17, 15) is 4.79 Å². The van der Waals surface area contributed by atoms with Crippen LogP contribution in [0.1, 0.15) is 25.0 Å². The van der Waals surface area contributed by atoms with E-state index < -0.39 is 0 Å². The number of hydrogen-bond acceptors (Lipinski definition) is 2. The van der Waals surface area contributed by atoms with Crippen molar-refractivity contribution in [1.29, 1.82) is 0 Å². The first-order valence-electron chi connectivity index (χ1n) is 5.82. The van der Waals surface area contributed by atoms with Crippen molar-refractivity contribution in [2.75, 3.05) is 0 Å². The molecule has 0 atom stereocenters. The van der Waals surface area contributed by atoms with E-state index in [1.54, 1.807) is 6.26 Å². The molecule has 0 radical (unpaired) electrons. The molecule has 0 saturated heterocycles. The Morgan fingerprint density at radius 1 is 1.41 bits per heavy atom. The van der Waals surface area contributed by atoms with Crippen LogP contribution in [0, 0.1) is 6.92 Å². The average molecular weight is 231 g/mol. The standard InChI is InChI=1S/C14H17NO2/c1-9(2)15-14(16)7-11-8-17-13-6-10(3)4-5-12(11)13/h4-6,8-9H,7H2,1-3H3,(H,15,16). The molecule has 1 aromatic carbocycles. The Balaban J connectivity index is 2.22. The zero-order valence-electron chi connectivity index (χ0n) is 10.4. The van der Waals surface area contributed by atoms with Gasteiger partial charge in [-0.15, -0.1) is 0 Å². The summed E-state index contributed by atoms with van der Waals surface area (Å²) in [6.45, 7) is 5.93. The number of carbonyl (C=O) groups excluding carboxylic acids is 1. The summed E-state index contributed by atoms with van der Waals surface area (Å²) in [4.78, 5) is 11.7. The lowest BCUT2D eigenvalue weighted by atomic mass is 10.1. The van der Waals surface area contributed by atoms with E-state index >= 15 is 0 Å². The van der Waals surface area contributed by atoms with E-state index in [4.69, 9.17) is 4.42 Å². The molecule has 1 amide bonds. The molecule has 2 aromatic rings. The molecule has 90 valence electrons. The smallest absolute Gasteiger partial charge is 0.224 e. The number of aryl methyl sites for hydroxylation is 1. The molecule has 1 N–H and O–H groups in total. The topological polar surface area (TPSA) is 42.2 Å². The predicted molar refractivity (Wildman–Crippen MR) is 67.9 cm³/mol. The summed E-state index contributed by atoms with van der Waals surface area (Å²) in [5, 5.41) is 3.90. The number of furan rings is 1. The van der Waals surface area contributed by atoms with Crippen LogP contribution in [0.5, 0.6) is 0 Å². The van der Waals surface area contributed by atoms with Gasteiger partial charge in [0.05, 0.1) is 12.7 Å². The van der Waals surface area contributed by atoms with Gasteiger partial charge in [-0.1, -0.05) is 12.1 Å². The molecular weight excluding hydrogens is 214 g/mol. The van der Waals surface area contributed by atoms with Gasteiger partial charge in [0.1, 0.15) is 5.58 Å². The van der Waals surface area contributed by atoms with Gasteiger partial charge in [-0.3, -0.25) is 4.79 Å². The molecule has 0 bridgehead atoms. The summed E-state index contributed by atoms with van der Waals surface area (Å²) in [5.41, 5.74) is 2.94. The van der Waals surface area contributed by atoms with Crippen molar-refractivity contribution in [3.05, 3.63) is 35.6 Å². The van der Waals surface area contributed by atoms with Gasteiger partial charge in [-0.2, -0.15) is 0 Å². The number of fused-ring (bicyclic) bond motifs is 1. The van der Waals surface area contributed by atoms with Crippen LogP contribution in [-0.2, 0) is 11.2 Å². The minimum absolute atomic E-state index is 0.0308. The Hall–Kier alpha value is -1.77. The molecule has 3 heteroatoms. The summed E-state index contributed by atoms with van der Waals surface area (Å²) < 4.78 is 5.46. The summed E-state index contributed by atoms with van der Waals surface area (Å²) >= 11 is 0. The van der Waals surface area contributed by atoms with Crippen molar-refractivity contribution in [2.45, 2.75) is 33.2 Å². The third-order valence-electron chi connectivity index (χ3n) is 2.61. The number of amides is 1. The molecule has 0 unspecified atom stereocenters. The fraction of sp³-hybridized carbons (Fsp3) is 0.357. The Kier molecular flexibility index (Phi) is 3.18. The van der Waals surface area contributed by atoms with Crippen LogP contribution in [0.2, 0.25) is 0 Å². The van der Waals surface area contributed by atoms with Crippen molar-refractivity contribution < 1.29 is 9.21 Å². The Bertz CT molecular complexity index is 540. The fourth-order valence-corrected chi connectivity index (χ4v) is 1.87. The minimum Gasteiger partial charge on any atom is -0.464 e. The summed E-state index contributed by atoms with van der Waals surface area (Å²) in [5.74, 6) is 0.0308. The quantitative estimate of drug-likeness (QED) is 0.882. The van der Waals surface area contributed by atoms with Crippen molar-refractivity contribution in [3.8, 4) is 0 Å². The normalized spacial score (nSPS) is 11.1. The number of hydrogen-bond donors (Lipinski definition) is 1. The highest BCUT2D eigenvalue weighted by molar-refractivity contribution is 5.87. The second kappa shape index (κ2) is 4.62. The van der Waals surface area contributed by atoms with Crippen molar-refractivity contribution in [2.24, 2.45) is 0 Å². The second-order valence-electron chi connectivity index (χ2n) is 4.66. The van der Waals surface area contributed by atoms with Gasteiger partial charge in [0.25, 0.3) is 0 Å². The first-order valence-corrected chi connectivity index (χ1v) is 5.82. The molecule has 0 aliphatic rings. The van der Waals surface area contributed by atoms with Crippen molar-refractivity contribution in [3.63, 3.8) is 0 Å². The van der Waals surface area contributed by atoms with Crippen LogP contribution >= 0.6 is 0 Å². The Morgan fingerprint density at radius 3 is 2.88 bits per heavy atom. The van der Waals surface area contributed by atoms with Gasteiger partial charge >= 0.3 is 0 Å². The molecule has 0 fully saturated rings. The monoisotopic (exact) mass is 231 g/mol. The molecule has 0 saturated carbocycles. The molecule has 2 rings (SSSR count). The predicted octanol–water partition coefficient (Wildman–Crippen LogP) is 2.81. The third-order valence-corrected chi connectivity index (χ3v) is 2.61. The lowest BCUT2D eigenvalue weighted by molar-refractivity contribution is -0.120. The van der Waals surface area contributed by atoms with Gasteiger partial charge in [0.15, 0.2) is 0 Å². The maximum absolute atomic E-state index is 11.7. The molecule has 0 aliphatic carbocycles. The van der Waals surface area contributed by atoms with E-state index in [2.05, 4.69) is 5.32 Å². The van der Waals surface area contributed by atoms with Crippen molar-refractivity contribution >= 4 is 16.9 Å². The highest BCUT2D eigenvalue weighted by Crippen LogP contribution is 2.22. The van der Waals surface area contributed by atoms with Gasteiger partial charge < -0.3 is 9.73 Å². The van der Waals surface area contributed by atoms with Crippen LogP contribution < -0.4 is 5.32 Å². The van der Waals surface area contributed by atoms with Gasteiger partial charge in [0.2, 0.25) is 5.91 Å². The van der Waals surface area contributed by atoms with Crippen LogP contribution in [-0.4, -0.2) is 11.9 Å². The van der Waals surface area contributed by atoms with Gasteiger partial charge in [-0.05, 0) is 32.4 Å². The van der Waals surface area contributed by atoms with Crippen LogP contribution in [0.25, 0.3) is 11.0 Å². The van der Waals surface area contributed by atoms with Gasteiger partial charge in [0, 0.05) is 17.0 Å². The van der Waals surface area contributed by atoms with Gasteiger partial charge in [-0.25, -0.2) is 0 Å². The van der Waals surface area contributed by atoms with E-state index in [1.165, 1.54) is 0 Å². The average Bonchev–Trinajstić information content (AvgIpc) is 2.59. The molecular formula is C14H17NO2. The Labute approximate surface area is 101 Å². The van der Waals surface area contributed by atoms with E-state index in [0.717, 1.165) is 22.1 Å². The van der Waals surface area contributed by atoms with E-state index in [-0.39, 0.29) is 11.9 Å². The molecule has 1 heterocycles. The van der Waals surface area contributed by atoms with E-state index in [0.29, 0.717) is 6.42 Å². The molecule has 1 aromatic heterocycles. The van der Waals surface area contributed by atoms with Crippen LogP contribution in [0.4, 0.5) is 0 Å². The van der Waals surface area contributed by atoms with Crippen molar-refractivity contribution in [1.82, 2.24) is 5.32 Å². The number of carbonyl (C=O) groups is 1. The maximum atomic E-state index is 11.7. The first-order chi connectivity index (χ1) is 8.06. The fourth-order valence-electron chi connectivity index (χ4n) is 1.87. The molecule has 3 nitrogen and oxygen atoms in total. The number of nitrogens with one attached hydrogen (secondary N) is 1. The molecule has 0 aliphatic heterocycles.